The number of fused-ring (bicyclic) bond motifs is 4. The summed E-state index contributed by atoms with van der Waals surface area (Å²) in [6.07, 6.45) is 7.83. The summed E-state index contributed by atoms with van der Waals surface area (Å²) < 4.78 is 39.3. The Morgan fingerprint density at radius 1 is 0.951 bits per heavy atom. The second-order valence-corrected chi connectivity index (χ2v) is 18.0. The molecule has 0 bridgehead atoms. The lowest BCUT2D eigenvalue weighted by molar-refractivity contribution is -0.128. The Hall–Kier alpha value is -5.35. The topological polar surface area (TPSA) is 155 Å². The molecule has 5 aromatic rings. The van der Waals surface area contributed by atoms with E-state index >= 15 is 8.78 Å². The fourth-order valence-electron chi connectivity index (χ4n) is 10.3. The number of likely N-dealkylation sites (tertiary alicyclic amines) is 1. The number of halogens is 2. The number of carbonyl (C=O) groups excluding carboxylic acids is 1. The molecule has 16 heteroatoms. The Morgan fingerprint density at radius 3 is 2.49 bits per heavy atom. The average Bonchev–Trinajstić information content (AvgIpc) is 4.05. The maximum Gasteiger partial charge on any atom is 0.301 e. The van der Waals surface area contributed by atoms with Gasteiger partial charge in [0.05, 0.1) is 34.4 Å². The van der Waals surface area contributed by atoms with Gasteiger partial charge >= 0.3 is 5.92 Å². The predicted molar refractivity (Wildman–Crippen MR) is 230 cm³/mol. The third-order valence-corrected chi connectivity index (χ3v) is 13.9. The standard InChI is InChI=1S/C45H54F2N10O4/c1-25-22-48-44(52-41(25)49-29-9-11-34-33(21-29)37-39(43(60)54(34)2)61-24-45(46,47)40(51-37)28-7-8-28)57-19-13-26(14-20-57)23-56-17-15-27(16-18-56)30-5-4-6-31-36(53-55(3)38(30)31)32-10-12-35(58)50-42(32)59/h4-6,9,11,21-22,26-28,32,35,40,51,58H,7-8,10,12-20,23-24H2,1-3H3,(H,50,59)(H,48,49,52)/t32?,35?,40-/m0/s1. The third kappa shape index (κ3) is 7.44. The van der Waals surface area contributed by atoms with Gasteiger partial charge in [-0.25, -0.2) is 13.8 Å². The molecule has 3 aromatic heterocycles. The summed E-state index contributed by atoms with van der Waals surface area (Å²) in [5.41, 5.74) is 5.28. The highest BCUT2D eigenvalue weighted by Gasteiger charge is 2.51. The first-order chi connectivity index (χ1) is 29.4. The number of anilines is 4. The Bertz CT molecular complexity index is 2560. The molecule has 14 nitrogen and oxygen atoms in total. The van der Waals surface area contributed by atoms with Crippen LogP contribution in [0.4, 0.5) is 31.9 Å². The number of hydrogen-bond donors (Lipinski definition) is 4. The van der Waals surface area contributed by atoms with Gasteiger partial charge < -0.3 is 40.2 Å². The van der Waals surface area contributed by atoms with Gasteiger partial charge in [0.25, 0.3) is 5.56 Å². The molecule has 1 aliphatic carbocycles. The molecule has 10 rings (SSSR count). The molecular weight excluding hydrogens is 783 g/mol. The van der Waals surface area contributed by atoms with Crippen molar-refractivity contribution < 1.29 is 23.4 Å². The van der Waals surface area contributed by atoms with Crippen molar-refractivity contribution in [3.63, 3.8) is 0 Å². The van der Waals surface area contributed by atoms with E-state index < -0.39 is 30.4 Å². The number of carbonyl (C=O) groups is 1. The largest absolute Gasteiger partial charge is 0.480 e. The molecule has 3 saturated heterocycles. The SMILES string of the molecule is Cc1cnc(N2CCC(CN3CCC(c4cccc5c(C6CCC(O)NC6=O)nn(C)c45)CC3)CC2)nc1Nc1ccc2c(c1)c1c(c(=O)n2C)OCC(F)(F)[C@H](C2CC2)N1. The number of piperidine rings is 3. The summed E-state index contributed by atoms with van der Waals surface area (Å²) in [7, 11) is 3.60. The fourth-order valence-corrected chi connectivity index (χ4v) is 10.3. The highest BCUT2D eigenvalue weighted by atomic mass is 19.3. The van der Waals surface area contributed by atoms with Crippen molar-refractivity contribution in [3.05, 3.63) is 69.8 Å². The smallest absolute Gasteiger partial charge is 0.301 e. The minimum absolute atomic E-state index is 0.0764. The van der Waals surface area contributed by atoms with Crippen LogP contribution in [0.25, 0.3) is 21.8 Å². The summed E-state index contributed by atoms with van der Waals surface area (Å²) in [5, 5.41) is 25.6. The molecule has 4 aliphatic heterocycles. The van der Waals surface area contributed by atoms with Crippen molar-refractivity contribution in [1.29, 1.82) is 0 Å². The molecule has 4 fully saturated rings. The number of alkyl halides is 2. The normalized spacial score (nSPS) is 23.9. The van der Waals surface area contributed by atoms with E-state index in [-0.39, 0.29) is 23.5 Å². The number of pyridine rings is 1. The van der Waals surface area contributed by atoms with Crippen LogP contribution in [0.1, 0.15) is 80.0 Å². The molecule has 1 amide bonds. The van der Waals surface area contributed by atoms with Crippen molar-refractivity contribution in [3.8, 4) is 5.75 Å². The van der Waals surface area contributed by atoms with Crippen molar-refractivity contribution in [2.75, 3.05) is 54.9 Å². The van der Waals surface area contributed by atoms with Crippen LogP contribution in [-0.2, 0) is 18.9 Å². The molecule has 5 aliphatic rings. The van der Waals surface area contributed by atoms with Gasteiger partial charge in [-0.05, 0) is 113 Å². The van der Waals surface area contributed by atoms with E-state index in [4.69, 9.17) is 19.8 Å². The highest BCUT2D eigenvalue weighted by Crippen LogP contribution is 2.46. The second kappa shape index (κ2) is 15.5. The number of aliphatic hydroxyl groups is 1. The first-order valence-corrected chi connectivity index (χ1v) is 21.9. The summed E-state index contributed by atoms with van der Waals surface area (Å²) >= 11 is 0. The summed E-state index contributed by atoms with van der Waals surface area (Å²) in [6, 6.07) is 10.9. The molecule has 61 heavy (non-hydrogen) atoms. The highest BCUT2D eigenvalue weighted by molar-refractivity contribution is 5.97. The average molecular weight is 837 g/mol. The van der Waals surface area contributed by atoms with E-state index in [1.54, 1.807) is 7.05 Å². The van der Waals surface area contributed by atoms with Crippen LogP contribution in [0.15, 0.2) is 47.4 Å². The Morgan fingerprint density at radius 2 is 1.74 bits per heavy atom. The molecule has 7 heterocycles. The van der Waals surface area contributed by atoms with Crippen LogP contribution >= 0.6 is 0 Å². The van der Waals surface area contributed by atoms with Crippen molar-refractivity contribution in [2.24, 2.45) is 25.9 Å². The zero-order valence-electron chi connectivity index (χ0n) is 35.0. The van der Waals surface area contributed by atoms with Gasteiger partial charge in [0.15, 0.2) is 6.61 Å². The first kappa shape index (κ1) is 39.8. The lowest BCUT2D eigenvalue weighted by Gasteiger charge is -2.38. The van der Waals surface area contributed by atoms with E-state index in [9.17, 15) is 14.7 Å². The van der Waals surface area contributed by atoms with E-state index in [2.05, 4.69) is 43.9 Å². The maximum atomic E-state index is 15.2. The molecule has 322 valence electrons. The van der Waals surface area contributed by atoms with Gasteiger partial charge in [-0.15, -0.1) is 0 Å². The predicted octanol–water partition coefficient (Wildman–Crippen LogP) is 5.89. The Kier molecular flexibility index (Phi) is 10.1. The number of benzene rings is 2. The molecule has 0 spiro atoms. The quantitative estimate of drug-likeness (QED) is 0.148. The van der Waals surface area contributed by atoms with Crippen molar-refractivity contribution >= 4 is 50.9 Å². The van der Waals surface area contributed by atoms with E-state index in [0.717, 1.165) is 93.4 Å². The molecular formula is C45H54F2N10O4. The maximum absolute atomic E-state index is 15.2. The number of aromatic nitrogens is 5. The minimum atomic E-state index is -3.11. The number of para-hydroxylation sites is 1. The molecule has 2 aromatic carbocycles. The summed E-state index contributed by atoms with van der Waals surface area (Å²) in [6.45, 7) is 5.99. The van der Waals surface area contributed by atoms with Crippen LogP contribution in [-0.4, -0.2) is 97.8 Å². The number of amides is 1. The van der Waals surface area contributed by atoms with Gasteiger partial charge in [0.1, 0.15) is 12.0 Å². The van der Waals surface area contributed by atoms with Gasteiger partial charge in [0.2, 0.25) is 17.6 Å². The first-order valence-electron chi connectivity index (χ1n) is 21.9. The van der Waals surface area contributed by atoms with Crippen molar-refractivity contribution in [2.45, 2.75) is 88.3 Å². The van der Waals surface area contributed by atoms with Crippen LogP contribution in [0.3, 0.4) is 0 Å². The molecule has 3 atom stereocenters. The number of nitrogens with zero attached hydrogens (tertiary/aromatic N) is 7. The van der Waals surface area contributed by atoms with Gasteiger partial charge in [0, 0.05) is 61.9 Å². The summed E-state index contributed by atoms with van der Waals surface area (Å²) in [4.78, 5) is 40.6. The third-order valence-electron chi connectivity index (χ3n) is 13.9. The number of nitrogens with one attached hydrogen (secondary N) is 3. The van der Waals surface area contributed by atoms with Gasteiger partial charge in [-0.3, -0.25) is 14.3 Å². The van der Waals surface area contributed by atoms with E-state index in [1.807, 2.05) is 43.0 Å². The van der Waals surface area contributed by atoms with Crippen LogP contribution in [0, 0.1) is 18.8 Å². The second-order valence-electron chi connectivity index (χ2n) is 18.0. The number of hydrogen-bond acceptors (Lipinski definition) is 11. The van der Waals surface area contributed by atoms with E-state index in [0.29, 0.717) is 58.7 Å². The zero-order valence-corrected chi connectivity index (χ0v) is 35.0. The van der Waals surface area contributed by atoms with Crippen LogP contribution in [0.2, 0.25) is 0 Å². The zero-order chi connectivity index (χ0) is 42.2. The van der Waals surface area contributed by atoms with Crippen LogP contribution < -0.4 is 31.1 Å². The monoisotopic (exact) mass is 836 g/mol. The van der Waals surface area contributed by atoms with Gasteiger partial charge in [-0.1, -0.05) is 18.2 Å². The Balaban J connectivity index is 0.776. The van der Waals surface area contributed by atoms with Crippen LogP contribution in [0.5, 0.6) is 5.75 Å². The number of rotatable bonds is 8. The molecule has 1 saturated carbocycles. The molecule has 4 N–H and O–H groups in total. The Labute approximate surface area is 352 Å². The number of aliphatic hydroxyl groups excluding tert-OH is 1. The van der Waals surface area contributed by atoms with Crippen molar-refractivity contribution in [1.82, 2.24) is 34.5 Å². The van der Waals surface area contributed by atoms with E-state index in [1.165, 1.54) is 10.1 Å². The number of ether oxygens (including phenoxy) is 1. The number of aryl methyl sites for hydroxylation is 3. The molecule has 2 unspecified atom stereocenters. The summed E-state index contributed by atoms with van der Waals surface area (Å²) in [5.74, 6) is -1.52. The lowest BCUT2D eigenvalue weighted by Crippen LogP contribution is -2.44. The van der Waals surface area contributed by atoms with Gasteiger partial charge in [-0.2, -0.15) is 10.1 Å². The molecule has 0 radical (unpaired) electrons. The lowest BCUT2D eigenvalue weighted by atomic mass is 9.86. The fraction of sp³-hybridized carbons (Fsp3) is 0.533. The minimum Gasteiger partial charge on any atom is -0.480 e.